The lowest BCUT2D eigenvalue weighted by atomic mass is 10.2. The summed E-state index contributed by atoms with van der Waals surface area (Å²) >= 11 is 0. The molecule has 1 heterocycles. The molecule has 1 fully saturated rings. The number of carbonyl (C=O) groups excluding carboxylic acids is 2. The van der Waals surface area contributed by atoms with Gasteiger partial charge in [-0.15, -0.1) is 0 Å². The van der Waals surface area contributed by atoms with E-state index < -0.39 is 28.5 Å². The van der Waals surface area contributed by atoms with Crippen LogP contribution in [-0.2, 0) is 24.3 Å². The molecule has 1 aliphatic rings. The molecule has 2 N–H and O–H groups in total. The number of benzene rings is 1. The number of nitrogens with zero attached hydrogens (tertiary/aromatic N) is 1. The number of morpholine rings is 1. The molecule has 2 atom stereocenters. The average Bonchev–Trinajstić information content (AvgIpc) is 2.51. The third kappa shape index (κ3) is 4.31. The second kappa shape index (κ2) is 7.29. The highest BCUT2D eigenvalue weighted by Crippen LogP contribution is 2.22. The topological polar surface area (TPSA) is 116 Å². The van der Waals surface area contributed by atoms with Crippen LogP contribution < -0.4 is 5.73 Å². The van der Waals surface area contributed by atoms with Crippen molar-refractivity contribution in [3.05, 3.63) is 29.8 Å². The summed E-state index contributed by atoms with van der Waals surface area (Å²) in [5.74, 6) is -1.60. The summed E-state index contributed by atoms with van der Waals surface area (Å²) in [6, 6.07) is 5.49. The van der Waals surface area contributed by atoms with Gasteiger partial charge in [0.2, 0.25) is 10.0 Å². The molecule has 8 nitrogen and oxygen atoms in total. The summed E-state index contributed by atoms with van der Waals surface area (Å²) in [6.07, 6.45) is -0.431. The number of rotatable bonds is 5. The van der Waals surface area contributed by atoms with Gasteiger partial charge < -0.3 is 15.2 Å². The van der Waals surface area contributed by atoms with E-state index in [1.165, 1.54) is 28.6 Å². The van der Waals surface area contributed by atoms with Gasteiger partial charge >= 0.3 is 5.97 Å². The Kier molecular flexibility index (Phi) is 5.58. The number of sulfonamides is 1. The standard InChI is InChI=1S/C15H20N2O6S/c1-10-7-17(8-11(2)23-10)24(20,21)13-5-3-4-12(6-13)15(19)22-9-14(16)18/h3-6,10-11H,7-9H2,1-2H3,(H2,16,18)/t10-,11+. The Morgan fingerprint density at radius 2 is 1.92 bits per heavy atom. The van der Waals surface area contributed by atoms with E-state index in [9.17, 15) is 18.0 Å². The Morgan fingerprint density at radius 1 is 1.29 bits per heavy atom. The molecule has 2 rings (SSSR count). The molecule has 0 bridgehead atoms. The SMILES string of the molecule is C[C@@H]1CN(S(=O)(=O)c2cccc(C(=O)OCC(N)=O)c2)C[C@H](C)O1. The van der Waals surface area contributed by atoms with E-state index in [2.05, 4.69) is 0 Å². The number of hydrogen-bond donors (Lipinski definition) is 1. The molecule has 1 amide bonds. The van der Waals surface area contributed by atoms with Crippen LogP contribution in [0.5, 0.6) is 0 Å². The maximum atomic E-state index is 12.8. The minimum absolute atomic E-state index is 0.0164. The number of esters is 1. The maximum absolute atomic E-state index is 12.8. The zero-order valence-corrected chi connectivity index (χ0v) is 14.3. The van der Waals surface area contributed by atoms with Crippen molar-refractivity contribution in [2.45, 2.75) is 31.0 Å². The minimum atomic E-state index is -3.76. The molecule has 1 aliphatic heterocycles. The lowest BCUT2D eigenvalue weighted by Crippen LogP contribution is -2.48. The van der Waals surface area contributed by atoms with Crippen molar-refractivity contribution >= 4 is 21.9 Å². The van der Waals surface area contributed by atoms with E-state index in [0.29, 0.717) is 0 Å². The Balaban J connectivity index is 2.23. The molecule has 1 aromatic carbocycles. The van der Waals surface area contributed by atoms with Gasteiger partial charge in [0.05, 0.1) is 22.7 Å². The zero-order chi connectivity index (χ0) is 17.9. The van der Waals surface area contributed by atoms with E-state index >= 15 is 0 Å². The quantitative estimate of drug-likeness (QED) is 0.750. The monoisotopic (exact) mass is 356 g/mol. The van der Waals surface area contributed by atoms with E-state index in [1.54, 1.807) is 13.8 Å². The van der Waals surface area contributed by atoms with Crippen LogP contribution in [0.3, 0.4) is 0 Å². The molecule has 132 valence electrons. The van der Waals surface area contributed by atoms with Gasteiger partial charge in [-0.05, 0) is 32.0 Å². The lowest BCUT2D eigenvalue weighted by molar-refractivity contribution is -0.121. The minimum Gasteiger partial charge on any atom is -0.452 e. The van der Waals surface area contributed by atoms with Crippen LogP contribution in [0.2, 0.25) is 0 Å². The smallest absolute Gasteiger partial charge is 0.338 e. The van der Waals surface area contributed by atoms with Gasteiger partial charge in [-0.25, -0.2) is 13.2 Å². The first-order valence-corrected chi connectivity index (χ1v) is 8.85. The largest absolute Gasteiger partial charge is 0.452 e. The van der Waals surface area contributed by atoms with E-state index in [0.717, 1.165) is 0 Å². The van der Waals surface area contributed by atoms with Crippen LogP contribution in [0.25, 0.3) is 0 Å². The highest BCUT2D eigenvalue weighted by Gasteiger charge is 2.32. The van der Waals surface area contributed by atoms with Gasteiger partial charge in [-0.1, -0.05) is 6.07 Å². The molecule has 0 aliphatic carbocycles. The molecule has 0 radical (unpaired) electrons. The van der Waals surface area contributed by atoms with Crippen LogP contribution >= 0.6 is 0 Å². The van der Waals surface area contributed by atoms with Crippen molar-refractivity contribution in [3.8, 4) is 0 Å². The Morgan fingerprint density at radius 3 is 2.50 bits per heavy atom. The van der Waals surface area contributed by atoms with Gasteiger partial charge in [0, 0.05) is 13.1 Å². The van der Waals surface area contributed by atoms with Crippen molar-refractivity contribution in [3.63, 3.8) is 0 Å². The molecule has 1 aromatic rings. The van der Waals surface area contributed by atoms with Gasteiger partial charge in [0.25, 0.3) is 5.91 Å². The van der Waals surface area contributed by atoms with Gasteiger partial charge in [0.15, 0.2) is 6.61 Å². The lowest BCUT2D eigenvalue weighted by Gasteiger charge is -2.34. The highest BCUT2D eigenvalue weighted by molar-refractivity contribution is 7.89. The summed E-state index contributed by atoms with van der Waals surface area (Å²) < 4.78 is 37.1. The molecular formula is C15H20N2O6S. The van der Waals surface area contributed by atoms with Crippen LogP contribution in [0.4, 0.5) is 0 Å². The normalized spacial score (nSPS) is 22.1. The number of ether oxygens (including phenoxy) is 2. The van der Waals surface area contributed by atoms with Crippen LogP contribution in [-0.4, -0.2) is 56.5 Å². The number of amides is 1. The third-order valence-corrected chi connectivity index (χ3v) is 5.27. The molecule has 0 saturated carbocycles. The van der Waals surface area contributed by atoms with Crippen LogP contribution in [0, 0.1) is 0 Å². The Bertz CT molecular complexity index is 723. The summed E-state index contributed by atoms with van der Waals surface area (Å²) in [7, 11) is -3.76. The molecule has 0 spiro atoms. The molecule has 1 saturated heterocycles. The fourth-order valence-corrected chi connectivity index (χ4v) is 4.12. The molecular weight excluding hydrogens is 336 g/mol. The summed E-state index contributed by atoms with van der Waals surface area (Å²) in [5, 5.41) is 0. The van der Waals surface area contributed by atoms with E-state index in [1.807, 2.05) is 0 Å². The number of primary amides is 1. The number of hydrogen-bond acceptors (Lipinski definition) is 6. The Labute approximate surface area is 140 Å². The molecule has 0 aromatic heterocycles. The van der Waals surface area contributed by atoms with Crippen molar-refractivity contribution in [2.24, 2.45) is 5.73 Å². The highest BCUT2D eigenvalue weighted by atomic mass is 32.2. The number of nitrogens with two attached hydrogens (primary N) is 1. The second-order valence-corrected chi connectivity index (χ2v) is 7.59. The van der Waals surface area contributed by atoms with Crippen LogP contribution in [0.15, 0.2) is 29.2 Å². The first kappa shape index (κ1) is 18.4. The predicted octanol–water partition coefficient (Wildman–Crippen LogP) is 0.127. The summed E-state index contributed by atoms with van der Waals surface area (Å²) in [5.41, 5.74) is 4.94. The molecule has 0 unspecified atom stereocenters. The zero-order valence-electron chi connectivity index (χ0n) is 13.5. The summed E-state index contributed by atoms with van der Waals surface area (Å²) in [4.78, 5) is 22.5. The van der Waals surface area contributed by atoms with Gasteiger partial charge in [0.1, 0.15) is 0 Å². The maximum Gasteiger partial charge on any atom is 0.338 e. The number of carbonyl (C=O) groups is 2. The van der Waals surface area contributed by atoms with Gasteiger partial charge in [-0.3, -0.25) is 4.79 Å². The van der Waals surface area contributed by atoms with Crippen molar-refractivity contribution in [1.29, 1.82) is 0 Å². The third-order valence-electron chi connectivity index (χ3n) is 3.44. The molecule has 24 heavy (non-hydrogen) atoms. The Hall–Kier alpha value is -1.97. The van der Waals surface area contributed by atoms with E-state index in [4.69, 9.17) is 15.2 Å². The van der Waals surface area contributed by atoms with Crippen LogP contribution in [0.1, 0.15) is 24.2 Å². The average molecular weight is 356 g/mol. The predicted molar refractivity (Wildman–Crippen MR) is 84.7 cm³/mol. The second-order valence-electron chi connectivity index (χ2n) is 5.65. The fraction of sp³-hybridized carbons (Fsp3) is 0.467. The molecule has 9 heteroatoms. The first-order chi connectivity index (χ1) is 11.2. The first-order valence-electron chi connectivity index (χ1n) is 7.41. The van der Waals surface area contributed by atoms with E-state index in [-0.39, 0.29) is 35.8 Å². The van der Waals surface area contributed by atoms with Crippen molar-refractivity contribution in [1.82, 2.24) is 4.31 Å². The van der Waals surface area contributed by atoms with Gasteiger partial charge in [-0.2, -0.15) is 4.31 Å². The summed E-state index contributed by atoms with van der Waals surface area (Å²) in [6.45, 7) is 3.52. The van der Waals surface area contributed by atoms with Crippen molar-refractivity contribution < 1.29 is 27.5 Å². The van der Waals surface area contributed by atoms with Crippen molar-refractivity contribution in [2.75, 3.05) is 19.7 Å². The fourth-order valence-electron chi connectivity index (χ4n) is 2.48.